The number of nitrogens with zero attached hydrogens (tertiary/aromatic N) is 2. The van der Waals surface area contributed by atoms with Crippen LogP contribution in [0.1, 0.15) is 30.1 Å². The quantitative estimate of drug-likeness (QED) is 0.607. The summed E-state index contributed by atoms with van der Waals surface area (Å²) in [7, 11) is 0. The van der Waals surface area contributed by atoms with Gasteiger partial charge < -0.3 is 0 Å². The number of aromatic nitrogens is 1. The minimum atomic E-state index is -0.234. The molecule has 0 saturated heterocycles. The van der Waals surface area contributed by atoms with Gasteiger partial charge in [-0.3, -0.25) is 9.78 Å². The van der Waals surface area contributed by atoms with E-state index >= 15 is 0 Å². The molecule has 0 saturated carbocycles. The van der Waals surface area contributed by atoms with Gasteiger partial charge in [-0.25, -0.2) is 5.43 Å². The van der Waals surface area contributed by atoms with E-state index in [1.165, 1.54) is 0 Å². The Hall–Kier alpha value is -1.97. The minimum absolute atomic E-state index is 0.234. The van der Waals surface area contributed by atoms with Crippen molar-refractivity contribution in [1.29, 1.82) is 0 Å². The molecule has 1 rings (SSSR count). The molecule has 1 N–H and O–H groups in total. The maximum absolute atomic E-state index is 11.5. The molecule has 1 heterocycles. The maximum atomic E-state index is 11.5. The van der Waals surface area contributed by atoms with Crippen LogP contribution in [0.5, 0.6) is 0 Å². The number of rotatable bonds is 5. The van der Waals surface area contributed by atoms with Gasteiger partial charge in [0, 0.05) is 24.2 Å². The molecule has 1 aromatic heterocycles. The molecule has 1 amide bonds. The van der Waals surface area contributed by atoms with Crippen LogP contribution in [0, 0.1) is 0 Å². The second kappa shape index (κ2) is 7.34. The topological polar surface area (TPSA) is 54.4 Å². The molecule has 4 nitrogen and oxygen atoms in total. The van der Waals surface area contributed by atoms with E-state index in [0.717, 1.165) is 12.8 Å². The molecular formula is C12H15N3O. The number of nitrogens with one attached hydrogen (secondary N) is 1. The van der Waals surface area contributed by atoms with Gasteiger partial charge in [0.2, 0.25) is 0 Å². The van der Waals surface area contributed by atoms with E-state index in [4.69, 9.17) is 0 Å². The summed E-state index contributed by atoms with van der Waals surface area (Å²) in [6, 6.07) is 3.27. The highest BCUT2D eigenvalue weighted by Gasteiger charge is 2.00. The molecule has 0 aliphatic carbocycles. The van der Waals surface area contributed by atoms with Crippen LogP contribution in [0.15, 0.2) is 41.8 Å². The maximum Gasteiger partial charge on any atom is 0.271 e. The first kappa shape index (κ1) is 12.1. The van der Waals surface area contributed by atoms with Crippen molar-refractivity contribution in [1.82, 2.24) is 10.4 Å². The summed E-state index contributed by atoms with van der Waals surface area (Å²) in [6.07, 6.45) is 10.6. The van der Waals surface area contributed by atoms with Crippen LogP contribution in [0.2, 0.25) is 0 Å². The summed E-state index contributed by atoms with van der Waals surface area (Å²) in [4.78, 5) is 15.3. The lowest BCUT2D eigenvalue weighted by molar-refractivity contribution is 0.0955. The van der Waals surface area contributed by atoms with E-state index < -0.39 is 0 Å². The van der Waals surface area contributed by atoms with Gasteiger partial charge in [-0.05, 0) is 24.6 Å². The predicted octanol–water partition coefficient (Wildman–Crippen LogP) is 2.15. The Bertz CT molecular complexity index is 371. The smallest absolute Gasteiger partial charge is 0.267 e. The Morgan fingerprint density at radius 2 is 2.25 bits per heavy atom. The van der Waals surface area contributed by atoms with E-state index in [9.17, 15) is 4.79 Å². The van der Waals surface area contributed by atoms with E-state index in [1.807, 2.05) is 12.2 Å². The number of unbranched alkanes of at least 4 members (excludes halogenated alkanes) is 1. The van der Waals surface area contributed by atoms with Gasteiger partial charge in [0.25, 0.3) is 5.91 Å². The number of pyridine rings is 1. The van der Waals surface area contributed by atoms with Crippen molar-refractivity contribution in [3.63, 3.8) is 0 Å². The average Bonchev–Trinajstić information content (AvgIpc) is 2.34. The largest absolute Gasteiger partial charge is 0.271 e. The molecule has 0 aliphatic heterocycles. The Labute approximate surface area is 95.1 Å². The monoisotopic (exact) mass is 217 g/mol. The van der Waals surface area contributed by atoms with Gasteiger partial charge >= 0.3 is 0 Å². The lowest BCUT2D eigenvalue weighted by atomic mass is 10.3. The molecule has 0 spiro atoms. The summed E-state index contributed by atoms with van der Waals surface area (Å²) < 4.78 is 0. The normalized spacial score (nSPS) is 11.1. The molecule has 4 heteroatoms. The van der Waals surface area contributed by atoms with Crippen LogP contribution in [0.4, 0.5) is 0 Å². The predicted molar refractivity (Wildman–Crippen MR) is 64.2 cm³/mol. The van der Waals surface area contributed by atoms with Gasteiger partial charge in [-0.2, -0.15) is 5.10 Å². The van der Waals surface area contributed by atoms with Crippen LogP contribution in [-0.4, -0.2) is 17.1 Å². The zero-order valence-corrected chi connectivity index (χ0v) is 9.26. The summed E-state index contributed by atoms with van der Waals surface area (Å²) in [6.45, 7) is 2.10. The molecule has 0 atom stereocenters. The molecule has 0 fully saturated rings. The van der Waals surface area contributed by atoms with Gasteiger partial charge in [0.15, 0.2) is 0 Å². The Balaban J connectivity index is 2.36. The van der Waals surface area contributed by atoms with Gasteiger partial charge in [-0.15, -0.1) is 0 Å². The lowest BCUT2D eigenvalue weighted by Crippen LogP contribution is -2.17. The number of hydrazone groups is 1. The second-order valence-electron chi connectivity index (χ2n) is 3.17. The van der Waals surface area contributed by atoms with Crippen molar-refractivity contribution < 1.29 is 4.79 Å². The van der Waals surface area contributed by atoms with Crippen LogP contribution < -0.4 is 5.43 Å². The first-order valence-corrected chi connectivity index (χ1v) is 5.23. The van der Waals surface area contributed by atoms with Crippen LogP contribution in [-0.2, 0) is 0 Å². The molecular weight excluding hydrogens is 202 g/mol. The number of amides is 1. The van der Waals surface area contributed by atoms with E-state index in [1.54, 1.807) is 30.7 Å². The summed E-state index contributed by atoms with van der Waals surface area (Å²) >= 11 is 0. The van der Waals surface area contributed by atoms with Gasteiger partial charge in [0.1, 0.15) is 0 Å². The Morgan fingerprint density at radius 1 is 1.50 bits per heavy atom. The van der Waals surface area contributed by atoms with Crippen LogP contribution in [0.3, 0.4) is 0 Å². The Morgan fingerprint density at radius 3 is 2.94 bits per heavy atom. The first-order chi connectivity index (χ1) is 7.84. The SMILES string of the molecule is CCC/C=C/C=N/NC(=O)c1ccncc1. The van der Waals surface area contributed by atoms with Gasteiger partial charge in [-0.1, -0.05) is 19.4 Å². The van der Waals surface area contributed by atoms with Crippen molar-refractivity contribution in [2.45, 2.75) is 19.8 Å². The molecule has 0 bridgehead atoms. The number of carbonyl (C=O) groups excluding carboxylic acids is 1. The Kier molecular flexibility index (Phi) is 5.55. The van der Waals surface area contributed by atoms with Crippen molar-refractivity contribution in [2.75, 3.05) is 0 Å². The number of allylic oxidation sites excluding steroid dienone is 2. The lowest BCUT2D eigenvalue weighted by Gasteiger charge is -1.96. The molecule has 0 unspecified atom stereocenters. The number of hydrogen-bond donors (Lipinski definition) is 1. The highest BCUT2D eigenvalue weighted by atomic mass is 16.2. The third-order valence-electron chi connectivity index (χ3n) is 1.86. The average molecular weight is 217 g/mol. The molecule has 1 aromatic rings. The summed E-state index contributed by atoms with van der Waals surface area (Å²) in [5.74, 6) is -0.234. The van der Waals surface area contributed by atoms with Crippen molar-refractivity contribution in [2.24, 2.45) is 5.10 Å². The fraction of sp³-hybridized carbons (Fsp3) is 0.250. The standard InChI is InChI=1S/C12H15N3O/c1-2-3-4-5-8-14-15-12(16)11-6-9-13-10-7-11/h4-10H,2-3H2,1H3,(H,15,16)/b5-4+,14-8+. The second-order valence-corrected chi connectivity index (χ2v) is 3.17. The fourth-order valence-electron chi connectivity index (χ4n) is 1.03. The van der Waals surface area contributed by atoms with Crippen LogP contribution in [0.25, 0.3) is 0 Å². The van der Waals surface area contributed by atoms with Crippen molar-refractivity contribution >= 4 is 12.1 Å². The molecule has 0 aromatic carbocycles. The van der Waals surface area contributed by atoms with Gasteiger partial charge in [0.05, 0.1) is 0 Å². The third-order valence-corrected chi connectivity index (χ3v) is 1.86. The fourth-order valence-corrected chi connectivity index (χ4v) is 1.03. The summed E-state index contributed by atoms with van der Waals surface area (Å²) in [5, 5.41) is 3.79. The summed E-state index contributed by atoms with van der Waals surface area (Å²) in [5.41, 5.74) is 2.97. The van der Waals surface area contributed by atoms with Crippen molar-refractivity contribution in [3.8, 4) is 0 Å². The van der Waals surface area contributed by atoms with E-state index in [-0.39, 0.29) is 5.91 Å². The number of carbonyl (C=O) groups is 1. The zero-order valence-electron chi connectivity index (χ0n) is 9.26. The van der Waals surface area contributed by atoms with Crippen molar-refractivity contribution in [3.05, 3.63) is 42.2 Å². The minimum Gasteiger partial charge on any atom is -0.267 e. The van der Waals surface area contributed by atoms with Crippen LogP contribution >= 0.6 is 0 Å². The van der Waals surface area contributed by atoms with E-state index in [0.29, 0.717) is 5.56 Å². The molecule has 84 valence electrons. The first-order valence-electron chi connectivity index (χ1n) is 5.23. The highest BCUT2D eigenvalue weighted by Crippen LogP contribution is 1.94. The zero-order chi connectivity index (χ0) is 11.6. The highest BCUT2D eigenvalue weighted by molar-refractivity contribution is 5.94. The van der Waals surface area contributed by atoms with E-state index in [2.05, 4.69) is 22.4 Å². The third kappa shape index (κ3) is 4.50. The molecule has 16 heavy (non-hydrogen) atoms. The molecule has 0 radical (unpaired) electrons. The number of hydrogen-bond acceptors (Lipinski definition) is 3. The molecule has 0 aliphatic rings.